The summed E-state index contributed by atoms with van der Waals surface area (Å²) < 4.78 is 10.6. The number of hydrogen-bond acceptors (Lipinski definition) is 6. The van der Waals surface area contributed by atoms with Crippen LogP contribution in [0.2, 0.25) is 0 Å². The first-order chi connectivity index (χ1) is 13.6. The Labute approximate surface area is 165 Å². The molecule has 1 aromatic heterocycles. The molecule has 0 bridgehead atoms. The van der Waals surface area contributed by atoms with Crippen molar-refractivity contribution in [2.45, 2.75) is 51.5 Å². The predicted molar refractivity (Wildman–Crippen MR) is 109 cm³/mol. The monoisotopic (exact) mass is 384 g/mol. The predicted octanol–water partition coefficient (Wildman–Crippen LogP) is 4.00. The average Bonchev–Trinajstić information content (AvgIpc) is 2.96. The van der Waals surface area contributed by atoms with E-state index in [9.17, 15) is 4.79 Å². The van der Waals surface area contributed by atoms with Crippen molar-refractivity contribution in [1.82, 2.24) is 15.3 Å². The lowest BCUT2D eigenvalue weighted by molar-refractivity contribution is 0.0928. The van der Waals surface area contributed by atoms with Gasteiger partial charge in [0.15, 0.2) is 11.5 Å². The van der Waals surface area contributed by atoms with Crippen LogP contribution in [0, 0.1) is 6.92 Å². The van der Waals surface area contributed by atoms with E-state index < -0.39 is 0 Å². The van der Waals surface area contributed by atoms with Crippen LogP contribution in [-0.2, 0) is 0 Å². The van der Waals surface area contributed by atoms with E-state index in [1.54, 1.807) is 32.4 Å². The molecule has 1 aromatic carbocycles. The van der Waals surface area contributed by atoms with Crippen LogP contribution in [0.3, 0.4) is 0 Å². The molecule has 1 heterocycles. The molecule has 1 saturated carbocycles. The minimum absolute atomic E-state index is 0.146. The van der Waals surface area contributed by atoms with Crippen LogP contribution in [0.5, 0.6) is 11.5 Å². The molecule has 0 spiro atoms. The molecule has 0 aliphatic heterocycles. The van der Waals surface area contributed by atoms with E-state index in [0.29, 0.717) is 23.1 Å². The standard InChI is InChI=1S/C21H28N4O3/c1-14-12-17(20(26)23-15-8-6-4-5-7-9-15)25-21(22-14)24-16-10-11-18(27-2)19(13-16)28-3/h10-13,15H,4-9H2,1-3H3,(H,23,26)(H,22,24,25). The molecule has 28 heavy (non-hydrogen) atoms. The number of nitrogens with one attached hydrogen (secondary N) is 2. The van der Waals surface area contributed by atoms with Crippen molar-refractivity contribution in [2.75, 3.05) is 19.5 Å². The second kappa shape index (κ2) is 9.39. The minimum atomic E-state index is -0.146. The van der Waals surface area contributed by atoms with Crippen molar-refractivity contribution in [3.05, 3.63) is 35.7 Å². The van der Waals surface area contributed by atoms with E-state index in [1.165, 1.54) is 25.7 Å². The van der Waals surface area contributed by atoms with Crippen LogP contribution in [0.25, 0.3) is 0 Å². The Morgan fingerprint density at radius 3 is 2.39 bits per heavy atom. The normalized spacial score (nSPS) is 14.8. The van der Waals surface area contributed by atoms with Crippen molar-refractivity contribution in [2.24, 2.45) is 0 Å². The molecular formula is C21H28N4O3. The summed E-state index contributed by atoms with van der Waals surface area (Å²) in [5.41, 5.74) is 1.85. The second-order valence-electron chi connectivity index (χ2n) is 7.07. The number of aryl methyl sites for hydroxylation is 1. The fraction of sp³-hybridized carbons (Fsp3) is 0.476. The minimum Gasteiger partial charge on any atom is -0.493 e. The van der Waals surface area contributed by atoms with E-state index in [2.05, 4.69) is 20.6 Å². The maximum atomic E-state index is 12.7. The van der Waals surface area contributed by atoms with E-state index in [1.807, 2.05) is 13.0 Å². The van der Waals surface area contributed by atoms with Crippen molar-refractivity contribution in [3.63, 3.8) is 0 Å². The van der Waals surface area contributed by atoms with Crippen LogP contribution >= 0.6 is 0 Å². The van der Waals surface area contributed by atoms with Gasteiger partial charge in [-0.05, 0) is 38.0 Å². The lowest BCUT2D eigenvalue weighted by Crippen LogP contribution is -2.35. The fourth-order valence-electron chi connectivity index (χ4n) is 3.47. The van der Waals surface area contributed by atoms with Crippen LogP contribution < -0.4 is 20.1 Å². The van der Waals surface area contributed by atoms with Gasteiger partial charge < -0.3 is 20.1 Å². The maximum Gasteiger partial charge on any atom is 0.270 e. The highest BCUT2D eigenvalue weighted by Crippen LogP contribution is 2.30. The van der Waals surface area contributed by atoms with E-state index in [0.717, 1.165) is 24.2 Å². The molecule has 3 rings (SSSR count). The van der Waals surface area contributed by atoms with Gasteiger partial charge in [-0.1, -0.05) is 25.7 Å². The van der Waals surface area contributed by atoms with Gasteiger partial charge in [-0.2, -0.15) is 0 Å². The highest BCUT2D eigenvalue weighted by molar-refractivity contribution is 5.92. The molecule has 1 aliphatic carbocycles. The number of carbonyl (C=O) groups excluding carboxylic acids is 1. The van der Waals surface area contributed by atoms with Gasteiger partial charge in [0, 0.05) is 23.5 Å². The first kappa shape index (κ1) is 19.9. The van der Waals surface area contributed by atoms with Crippen molar-refractivity contribution < 1.29 is 14.3 Å². The molecule has 0 unspecified atom stereocenters. The Balaban J connectivity index is 1.74. The van der Waals surface area contributed by atoms with E-state index in [4.69, 9.17) is 9.47 Å². The summed E-state index contributed by atoms with van der Waals surface area (Å²) in [5.74, 6) is 1.47. The molecule has 1 aliphatic rings. The zero-order valence-electron chi connectivity index (χ0n) is 16.7. The summed E-state index contributed by atoms with van der Waals surface area (Å²) in [7, 11) is 3.18. The van der Waals surface area contributed by atoms with Crippen LogP contribution in [0.4, 0.5) is 11.6 Å². The molecule has 7 nitrogen and oxygen atoms in total. The highest BCUT2D eigenvalue weighted by atomic mass is 16.5. The van der Waals surface area contributed by atoms with Gasteiger partial charge in [0.05, 0.1) is 14.2 Å². The smallest absolute Gasteiger partial charge is 0.270 e. The van der Waals surface area contributed by atoms with E-state index >= 15 is 0 Å². The third kappa shape index (κ3) is 5.12. The maximum absolute atomic E-state index is 12.7. The summed E-state index contributed by atoms with van der Waals surface area (Å²) in [4.78, 5) is 21.5. The Bertz CT molecular complexity index is 817. The number of hydrogen-bond donors (Lipinski definition) is 2. The number of benzene rings is 1. The lowest BCUT2D eigenvalue weighted by Gasteiger charge is -2.16. The number of amides is 1. The first-order valence-electron chi connectivity index (χ1n) is 9.74. The number of nitrogens with zero attached hydrogens (tertiary/aromatic N) is 2. The third-order valence-corrected chi connectivity index (χ3v) is 4.92. The zero-order valence-corrected chi connectivity index (χ0v) is 16.7. The lowest BCUT2D eigenvalue weighted by atomic mass is 10.1. The van der Waals surface area contributed by atoms with Crippen molar-refractivity contribution in [3.8, 4) is 11.5 Å². The second-order valence-corrected chi connectivity index (χ2v) is 7.07. The molecule has 2 N–H and O–H groups in total. The van der Waals surface area contributed by atoms with E-state index in [-0.39, 0.29) is 11.9 Å². The Hall–Kier alpha value is -2.83. The topological polar surface area (TPSA) is 85.4 Å². The fourth-order valence-corrected chi connectivity index (χ4v) is 3.47. The molecule has 1 amide bonds. The molecule has 0 radical (unpaired) electrons. The summed E-state index contributed by atoms with van der Waals surface area (Å²) in [6.45, 7) is 1.85. The number of aromatic nitrogens is 2. The Morgan fingerprint density at radius 2 is 1.71 bits per heavy atom. The number of ether oxygens (including phenoxy) is 2. The van der Waals surface area contributed by atoms with Gasteiger partial charge in [0.2, 0.25) is 5.95 Å². The van der Waals surface area contributed by atoms with Crippen LogP contribution in [-0.4, -0.2) is 36.1 Å². The van der Waals surface area contributed by atoms with Gasteiger partial charge in [-0.3, -0.25) is 4.79 Å². The molecule has 1 fully saturated rings. The van der Waals surface area contributed by atoms with Crippen LogP contribution in [0.15, 0.2) is 24.3 Å². The third-order valence-electron chi connectivity index (χ3n) is 4.92. The van der Waals surface area contributed by atoms with Gasteiger partial charge in [0.25, 0.3) is 5.91 Å². The number of rotatable bonds is 6. The molecule has 150 valence electrons. The SMILES string of the molecule is COc1ccc(Nc2nc(C)cc(C(=O)NC3CCCCCC3)n2)cc1OC. The Kier molecular flexibility index (Phi) is 6.68. The zero-order chi connectivity index (χ0) is 19.9. The van der Waals surface area contributed by atoms with Gasteiger partial charge in [0.1, 0.15) is 5.69 Å². The number of anilines is 2. The largest absolute Gasteiger partial charge is 0.493 e. The molecular weight excluding hydrogens is 356 g/mol. The summed E-state index contributed by atoms with van der Waals surface area (Å²) in [6.07, 6.45) is 6.90. The van der Waals surface area contributed by atoms with Gasteiger partial charge in [-0.15, -0.1) is 0 Å². The van der Waals surface area contributed by atoms with Gasteiger partial charge in [-0.25, -0.2) is 9.97 Å². The molecule has 0 atom stereocenters. The summed E-state index contributed by atoms with van der Waals surface area (Å²) in [5, 5.41) is 6.28. The highest BCUT2D eigenvalue weighted by Gasteiger charge is 2.18. The first-order valence-corrected chi connectivity index (χ1v) is 9.74. The number of carbonyl (C=O) groups is 1. The van der Waals surface area contributed by atoms with Crippen LogP contribution in [0.1, 0.15) is 54.7 Å². The quantitative estimate of drug-likeness (QED) is 0.732. The molecule has 2 aromatic rings. The van der Waals surface area contributed by atoms with Crippen molar-refractivity contribution in [1.29, 1.82) is 0 Å². The number of methoxy groups -OCH3 is 2. The molecule has 7 heteroatoms. The van der Waals surface area contributed by atoms with Gasteiger partial charge >= 0.3 is 0 Å². The van der Waals surface area contributed by atoms with Crippen molar-refractivity contribution >= 4 is 17.5 Å². The molecule has 0 saturated heterocycles. The average molecular weight is 384 g/mol. The summed E-state index contributed by atoms with van der Waals surface area (Å²) >= 11 is 0. The summed E-state index contributed by atoms with van der Waals surface area (Å²) in [6, 6.07) is 7.39. The Morgan fingerprint density at radius 1 is 1.00 bits per heavy atom.